The van der Waals surface area contributed by atoms with Crippen molar-refractivity contribution in [2.24, 2.45) is 11.8 Å². The summed E-state index contributed by atoms with van der Waals surface area (Å²) in [4.78, 5) is 22.1. The lowest BCUT2D eigenvalue weighted by Crippen LogP contribution is -2.25. The van der Waals surface area contributed by atoms with Crippen molar-refractivity contribution in [3.63, 3.8) is 0 Å². The number of aldehydes is 1. The van der Waals surface area contributed by atoms with Gasteiger partial charge in [0, 0.05) is 5.92 Å². The number of fused-ring (bicyclic) bond motifs is 5. The summed E-state index contributed by atoms with van der Waals surface area (Å²) >= 11 is 0. The van der Waals surface area contributed by atoms with E-state index in [0.29, 0.717) is 11.9 Å². The second-order valence-electron chi connectivity index (χ2n) is 3.66. The summed E-state index contributed by atoms with van der Waals surface area (Å²) < 4.78 is 5.51. The van der Waals surface area contributed by atoms with Crippen LogP contribution < -0.4 is 0 Å². The Kier molecular flexibility index (Phi) is 1.21. The standard InChI is InChI=1S/C10H8O3/c11-4-5-3-6-7-1-2-8(13-7)9(6)10(5)12/h1-4,6-9H/t6-,7-,8+,9-/m0/s1. The van der Waals surface area contributed by atoms with Gasteiger partial charge < -0.3 is 4.74 Å². The first-order valence-electron chi connectivity index (χ1n) is 4.36. The number of Topliss-reactive ketones (excluding diaryl/α,β-unsaturated/α-hetero) is 1. The second kappa shape index (κ2) is 2.17. The molecule has 0 N–H and O–H groups in total. The number of carbonyl (C=O) groups is 2. The van der Waals surface area contributed by atoms with E-state index in [9.17, 15) is 9.59 Å². The third-order valence-corrected chi connectivity index (χ3v) is 3.04. The molecule has 0 aromatic heterocycles. The lowest BCUT2D eigenvalue weighted by Gasteiger charge is -2.13. The fraction of sp³-hybridized carbons (Fsp3) is 0.400. The van der Waals surface area contributed by atoms with Crippen molar-refractivity contribution < 1.29 is 14.3 Å². The van der Waals surface area contributed by atoms with Crippen LogP contribution in [0.3, 0.4) is 0 Å². The SMILES string of the molecule is O=CC1=C[C@@H]2[C@H](C1=O)[C@H]1C=C[C@@H]2O1. The van der Waals surface area contributed by atoms with Crippen LogP contribution in [0.2, 0.25) is 0 Å². The first-order chi connectivity index (χ1) is 6.31. The summed E-state index contributed by atoms with van der Waals surface area (Å²) in [5.41, 5.74) is 0.331. The summed E-state index contributed by atoms with van der Waals surface area (Å²) in [7, 11) is 0. The van der Waals surface area contributed by atoms with Gasteiger partial charge in [0.05, 0.1) is 23.7 Å². The highest BCUT2D eigenvalue weighted by atomic mass is 16.5. The third-order valence-electron chi connectivity index (χ3n) is 3.04. The van der Waals surface area contributed by atoms with Gasteiger partial charge >= 0.3 is 0 Å². The molecular formula is C10H8O3. The molecule has 0 unspecified atom stereocenters. The molecule has 2 bridgehead atoms. The molecule has 3 nitrogen and oxygen atoms in total. The molecule has 13 heavy (non-hydrogen) atoms. The fourth-order valence-electron chi connectivity index (χ4n) is 2.44. The van der Waals surface area contributed by atoms with Crippen LogP contribution in [0.25, 0.3) is 0 Å². The van der Waals surface area contributed by atoms with Crippen molar-refractivity contribution >= 4 is 12.1 Å². The Labute approximate surface area is 75.1 Å². The highest BCUT2D eigenvalue weighted by molar-refractivity contribution is 6.15. The minimum atomic E-state index is -0.116. The van der Waals surface area contributed by atoms with Gasteiger partial charge in [-0.3, -0.25) is 9.59 Å². The maximum absolute atomic E-state index is 11.6. The van der Waals surface area contributed by atoms with Crippen molar-refractivity contribution in [3.8, 4) is 0 Å². The van der Waals surface area contributed by atoms with Crippen LogP contribution >= 0.6 is 0 Å². The van der Waals surface area contributed by atoms with Crippen molar-refractivity contribution in [2.75, 3.05) is 0 Å². The Bertz CT molecular complexity index is 353. The molecule has 1 saturated heterocycles. The van der Waals surface area contributed by atoms with Gasteiger partial charge in [0.1, 0.15) is 0 Å². The Balaban J connectivity index is 2.04. The Morgan fingerprint density at radius 3 is 2.77 bits per heavy atom. The van der Waals surface area contributed by atoms with Gasteiger partial charge in [0.15, 0.2) is 12.1 Å². The predicted octanol–water partition coefficient (Wildman–Crippen LogP) is 0.264. The molecule has 0 aromatic carbocycles. The Morgan fingerprint density at radius 2 is 2.08 bits per heavy atom. The Hall–Kier alpha value is -1.22. The van der Waals surface area contributed by atoms with Gasteiger partial charge in [-0.05, 0) is 0 Å². The van der Waals surface area contributed by atoms with Crippen LogP contribution in [0.4, 0.5) is 0 Å². The van der Waals surface area contributed by atoms with Gasteiger partial charge in [-0.2, -0.15) is 0 Å². The van der Waals surface area contributed by atoms with Crippen molar-refractivity contribution in [3.05, 3.63) is 23.8 Å². The van der Waals surface area contributed by atoms with Crippen molar-refractivity contribution in [2.45, 2.75) is 12.2 Å². The lowest BCUT2D eigenvalue weighted by molar-refractivity contribution is -0.121. The zero-order valence-electron chi connectivity index (χ0n) is 6.84. The highest BCUT2D eigenvalue weighted by Gasteiger charge is 2.52. The van der Waals surface area contributed by atoms with E-state index in [4.69, 9.17) is 4.74 Å². The maximum Gasteiger partial charge on any atom is 0.172 e. The van der Waals surface area contributed by atoms with E-state index in [1.54, 1.807) is 6.08 Å². The van der Waals surface area contributed by atoms with E-state index in [-0.39, 0.29) is 29.8 Å². The number of rotatable bonds is 1. The molecule has 3 aliphatic rings. The molecule has 1 fully saturated rings. The highest BCUT2D eigenvalue weighted by Crippen LogP contribution is 2.45. The topological polar surface area (TPSA) is 43.4 Å². The van der Waals surface area contributed by atoms with E-state index in [0.717, 1.165) is 0 Å². The van der Waals surface area contributed by atoms with E-state index < -0.39 is 0 Å². The van der Waals surface area contributed by atoms with Gasteiger partial charge in [-0.25, -0.2) is 0 Å². The largest absolute Gasteiger partial charge is 0.365 e. The average Bonchev–Trinajstić information content (AvgIpc) is 2.76. The molecule has 66 valence electrons. The molecule has 3 heteroatoms. The van der Waals surface area contributed by atoms with Crippen LogP contribution in [0.15, 0.2) is 23.8 Å². The van der Waals surface area contributed by atoms with Crippen LogP contribution in [0, 0.1) is 11.8 Å². The van der Waals surface area contributed by atoms with E-state index in [1.807, 2.05) is 12.2 Å². The van der Waals surface area contributed by atoms with E-state index in [2.05, 4.69) is 0 Å². The lowest BCUT2D eigenvalue weighted by atomic mass is 9.85. The molecule has 0 amide bonds. The van der Waals surface area contributed by atoms with E-state index >= 15 is 0 Å². The van der Waals surface area contributed by atoms with Crippen LogP contribution in [-0.4, -0.2) is 24.3 Å². The van der Waals surface area contributed by atoms with Crippen molar-refractivity contribution in [1.82, 2.24) is 0 Å². The quantitative estimate of drug-likeness (QED) is 0.327. The monoisotopic (exact) mass is 176 g/mol. The van der Waals surface area contributed by atoms with Crippen LogP contribution in [0.1, 0.15) is 0 Å². The predicted molar refractivity (Wildman–Crippen MR) is 43.9 cm³/mol. The molecule has 2 heterocycles. The van der Waals surface area contributed by atoms with Crippen LogP contribution in [0.5, 0.6) is 0 Å². The molecule has 0 aromatic rings. The summed E-state index contributed by atoms with van der Waals surface area (Å²) in [6.07, 6.45) is 6.25. The molecule has 1 aliphatic carbocycles. The summed E-state index contributed by atoms with van der Waals surface area (Å²) in [6, 6.07) is 0. The molecule has 0 spiro atoms. The van der Waals surface area contributed by atoms with E-state index in [1.165, 1.54) is 0 Å². The van der Waals surface area contributed by atoms with Crippen molar-refractivity contribution in [1.29, 1.82) is 0 Å². The number of ether oxygens (including phenoxy) is 1. The first kappa shape index (κ1) is 7.21. The molecule has 0 saturated carbocycles. The third kappa shape index (κ3) is 0.728. The van der Waals surface area contributed by atoms with Gasteiger partial charge in [0.25, 0.3) is 0 Å². The van der Waals surface area contributed by atoms with Gasteiger partial charge in [-0.1, -0.05) is 18.2 Å². The number of hydrogen-bond acceptors (Lipinski definition) is 3. The maximum atomic E-state index is 11.6. The van der Waals surface area contributed by atoms with Crippen LogP contribution in [-0.2, 0) is 14.3 Å². The normalized spacial score (nSPS) is 45.2. The number of allylic oxidation sites excluding steroid dienone is 1. The number of carbonyl (C=O) groups excluding carboxylic acids is 2. The molecular weight excluding hydrogens is 168 g/mol. The Morgan fingerprint density at radius 1 is 1.31 bits per heavy atom. The van der Waals surface area contributed by atoms with Gasteiger partial charge in [-0.15, -0.1) is 0 Å². The zero-order valence-corrected chi connectivity index (χ0v) is 6.84. The fourth-order valence-corrected chi connectivity index (χ4v) is 2.44. The molecule has 0 radical (unpaired) electrons. The molecule has 2 aliphatic heterocycles. The second-order valence-corrected chi connectivity index (χ2v) is 3.66. The first-order valence-corrected chi connectivity index (χ1v) is 4.36. The number of ketones is 1. The summed E-state index contributed by atoms with van der Waals surface area (Å²) in [5.74, 6) is -0.0465. The zero-order chi connectivity index (χ0) is 9.00. The minimum absolute atomic E-state index is 0.0244. The summed E-state index contributed by atoms with van der Waals surface area (Å²) in [5, 5.41) is 0. The number of hydrogen-bond donors (Lipinski definition) is 0. The molecule has 4 atom stereocenters. The minimum Gasteiger partial charge on any atom is -0.365 e. The molecule has 3 rings (SSSR count). The van der Waals surface area contributed by atoms with Gasteiger partial charge in [0.2, 0.25) is 0 Å². The average molecular weight is 176 g/mol. The summed E-state index contributed by atoms with van der Waals surface area (Å²) in [6.45, 7) is 0. The smallest absolute Gasteiger partial charge is 0.172 e.